The molecular weight excluding hydrogens is 584 g/mol. The number of benzene rings is 1. The van der Waals surface area contributed by atoms with Crippen molar-refractivity contribution >= 4 is 27.4 Å². The molecule has 1 aromatic carbocycles. The quantitative estimate of drug-likeness (QED) is 0.311. The fourth-order valence-corrected chi connectivity index (χ4v) is 3.74. The van der Waals surface area contributed by atoms with Gasteiger partial charge < -0.3 is 15.2 Å². The third-order valence-electron chi connectivity index (χ3n) is 4.44. The minimum Gasteiger partial charge on any atom is -0.360 e. The summed E-state index contributed by atoms with van der Waals surface area (Å²) in [5.74, 6) is -9.17. The molecule has 0 aliphatic rings. The summed E-state index contributed by atoms with van der Waals surface area (Å²) in [7, 11) is -4.54. The van der Waals surface area contributed by atoms with E-state index in [1.807, 2.05) is 4.72 Å². The minimum absolute atomic E-state index is 0.151. The highest BCUT2D eigenvalue weighted by Crippen LogP contribution is 2.46. The van der Waals surface area contributed by atoms with Gasteiger partial charge in [0.15, 0.2) is 5.82 Å². The Morgan fingerprint density at radius 3 is 1.71 bits per heavy atom. The molecule has 38 heavy (non-hydrogen) atoms. The largest absolute Gasteiger partial charge is 0.439 e. The molecule has 0 aliphatic carbocycles. The molecule has 0 saturated heterocycles. The lowest BCUT2D eigenvalue weighted by atomic mass is 10.0. The van der Waals surface area contributed by atoms with Crippen LogP contribution in [0.1, 0.15) is 5.76 Å². The molecule has 0 fully saturated rings. The summed E-state index contributed by atoms with van der Waals surface area (Å²) in [5, 5.41) is 3.69. The van der Waals surface area contributed by atoms with Crippen molar-refractivity contribution in [3.05, 3.63) is 36.1 Å². The Morgan fingerprint density at radius 2 is 1.34 bits per heavy atom. The normalized spacial score (nSPS) is 13.9. The molecule has 214 valence electrons. The molecule has 0 aliphatic heterocycles. The molecule has 3 N–H and O–H groups in total. The molecular formula is C17H12F12N4O4S. The van der Waals surface area contributed by atoms with Crippen molar-refractivity contribution in [2.24, 2.45) is 5.92 Å². The first-order chi connectivity index (χ1) is 16.9. The number of alkyl halides is 12. The molecule has 2 rings (SSSR count). The average molecular weight is 596 g/mol. The van der Waals surface area contributed by atoms with Crippen molar-refractivity contribution in [2.75, 3.05) is 10.0 Å². The van der Waals surface area contributed by atoms with Gasteiger partial charge in [0.05, 0.1) is 4.90 Å². The molecule has 0 radical (unpaired) electrons. The molecule has 0 saturated carbocycles. The number of carbonyl (C=O) groups excluding carboxylic acids is 1. The first-order valence-corrected chi connectivity index (χ1v) is 10.8. The van der Waals surface area contributed by atoms with Crippen LogP contribution in [0, 0.1) is 12.8 Å². The van der Waals surface area contributed by atoms with Gasteiger partial charge in [0.1, 0.15) is 5.76 Å². The fourth-order valence-electron chi connectivity index (χ4n) is 2.76. The number of hydrogen-bond acceptors (Lipinski definition) is 6. The maximum absolute atomic E-state index is 13.6. The van der Waals surface area contributed by atoms with Crippen molar-refractivity contribution in [1.82, 2.24) is 10.5 Å². The van der Waals surface area contributed by atoms with Crippen LogP contribution in [0.4, 0.5) is 64.2 Å². The van der Waals surface area contributed by atoms with Gasteiger partial charge in [-0.25, -0.2) is 8.42 Å². The van der Waals surface area contributed by atoms with E-state index in [0.29, 0.717) is 17.4 Å². The third-order valence-corrected chi connectivity index (χ3v) is 5.81. The maximum Gasteiger partial charge on any atom is 0.439 e. The Morgan fingerprint density at radius 1 is 0.868 bits per heavy atom. The second-order valence-electron chi connectivity index (χ2n) is 7.33. The van der Waals surface area contributed by atoms with E-state index in [1.54, 1.807) is 0 Å². The zero-order chi connectivity index (χ0) is 29.5. The summed E-state index contributed by atoms with van der Waals surface area (Å²) >= 11 is 0. The molecule has 0 bridgehead atoms. The summed E-state index contributed by atoms with van der Waals surface area (Å²) in [6.07, 6.45) is -26.8. The minimum atomic E-state index is -6.78. The number of nitrogens with one attached hydrogen (secondary N) is 3. The number of carbonyl (C=O) groups is 1. The molecule has 0 atom stereocenters. The van der Waals surface area contributed by atoms with Crippen LogP contribution in [0.3, 0.4) is 0 Å². The Labute approximate surface area is 203 Å². The molecule has 0 unspecified atom stereocenters. The molecule has 8 nitrogen and oxygen atoms in total. The third kappa shape index (κ3) is 6.54. The first kappa shape index (κ1) is 30.8. The average Bonchev–Trinajstić information content (AvgIpc) is 3.07. The number of anilines is 2. The van der Waals surface area contributed by atoms with Crippen LogP contribution in [-0.2, 0) is 14.8 Å². The topological polar surface area (TPSA) is 113 Å². The Hall–Kier alpha value is -3.39. The van der Waals surface area contributed by atoms with Crippen molar-refractivity contribution < 1.29 is 70.4 Å². The van der Waals surface area contributed by atoms with Gasteiger partial charge in [0.2, 0.25) is 11.8 Å². The predicted molar refractivity (Wildman–Crippen MR) is 101 cm³/mol. The Balaban J connectivity index is 2.49. The van der Waals surface area contributed by atoms with Gasteiger partial charge in [0, 0.05) is 11.8 Å². The van der Waals surface area contributed by atoms with Gasteiger partial charge in [-0.3, -0.25) is 9.52 Å². The van der Waals surface area contributed by atoms with Gasteiger partial charge in [-0.05, 0) is 31.2 Å². The van der Waals surface area contributed by atoms with Crippen molar-refractivity contribution in [3.63, 3.8) is 0 Å². The Bertz CT molecular complexity index is 1220. The zero-order valence-corrected chi connectivity index (χ0v) is 18.8. The smallest absolute Gasteiger partial charge is 0.360 e. The van der Waals surface area contributed by atoms with E-state index in [0.717, 1.165) is 6.07 Å². The van der Waals surface area contributed by atoms with Crippen molar-refractivity contribution in [2.45, 2.75) is 42.2 Å². The van der Waals surface area contributed by atoms with Crippen LogP contribution in [0.5, 0.6) is 0 Å². The van der Waals surface area contributed by atoms with Crippen LogP contribution < -0.4 is 15.4 Å². The summed E-state index contributed by atoms with van der Waals surface area (Å²) in [6, 6.07) is 2.51. The highest BCUT2D eigenvalue weighted by molar-refractivity contribution is 7.92. The van der Waals surface area contributed by atoms with Gasteiger partial charge in [0.25, 0.3) is 10.0 Å². The number of aromatic nitrogens is 1. The number of sulfonamides is 1. The first-order valence-electron chi connectivity index (χ1n) is 9.34. The summed E-state index contributed by atoms with van der Waals surface area (Å²) < 4.78 is 189. The van der Waals surface area contributed by atoms with Gasteiger partial charge in [-0.1, -0.05) is 5.16 Å². The van der Waals surface area contributed by atoms with Crippen molar-refractivity contribution in [1.29, 1.82) is 0 Å². The van der Waals surface area contributed by atoms with Crippen molar-refractivity contribution in [3.8, 4) is 0 Å². The number of aryl methyl sites for hydroxylation is 1. The van der Waals surface area contributed by atoms with Crippen LogP contribution >= 0.6 is 0 Å². The van der Waals surface area contributed by atoms with E-state index < -0.39 is 62.8 Å². The van der Waals surface area contributed by atoms with E-state index >= 15 is 0 Å². The maximum atomic E-state index is 13.6. The van der Waals surface area contributed by atoms with E-state index in [2.05, 4.69) is 9.68 Å². The van der Waals surface area contributed by atoms with E-state index in [-0.39, 0.29) is 29.0 Å². The van der Waals surface area contributed by atoms with E-state index in [4.69, 9.17) is 0 Å². The Kier molecular flexibility index (Phi) is 7.89. The zero-order valence-electron chi connectivity index (χ0n) is 18.0. The van der Waals surface area contributed by atoms with Crippen LogP contribution in [0.25, 0.3) is 0 Å². The van der Waals surface area contributed by atoms with E-state index in [1.165, 1.54) is 6.92 Å². The SMILES string of the molecule is Cc1cc(NS(=O)(=O)c2ccc(NC(NC(=O)C(C(F)(F)F)C(F)(F)F)(C(F)(F)F)C(F)(F)F)cc2)no1. The number of halogens is 12. The molecule has 1 heterocycles. The van der Waals surface area contributed by atoms with Gasteiger partial charge >= 0.3 is 30.4 Å². The second-order valence-corrected chi connectivity index (χ2v) is 9.01. The van der Waals surface area contributed by atoms with Crippen LogP contribution in [0.15, 0.2) is 39.8 Å². The number of hydrogen-bond donors (Lipinski definition) is 3. The highest BCUT2D eigenvalue weighted by Gasteiger charge is 2.74. The standard InChI is InChI=1S/C17H12F12N4O4S/c1-7-6-10(32-37-7)33-38(35,36)9-4-2-8(3-5-9)30-15(16(24,25)26,17(27,28)29)31-12(34)11(13(18,19)20)14(21,22)23/h2-6,11,30H,1H3,(H,31,34)(H,32,33). The fraction of sp³-hybridized carbons (Fsp3) is 0.412. The molecule has 21 heteroatoms. The molecule has 1 amide bonds. The number of nitrogens with zero attached hydrogens (tertiary/aromatic N) is 1. The van der Waals surface area contributed by atoms with Gasteiger partial charge in [-0.15, -0.1) is 0 Å². The summed E-state index contributed by atoms with van der Waals surface area (Å²) in [4.78, 5) is 10.8. The predicted octanol–water partition coefficient (Wildman–Crippen LogP) is 4.87. The summed E-state index contributed by atoms with van der Waals surface area (Å²) in [5.41, 5.74) is -7.19. The van der Waals surface area contributed by atoms with Crippen LogP contribution in [-0.4, -0.2) is 49.8 Å². The van der Waals surface area contributed by atoms with E-state index in [9.17, 15) is 65.9 Å². The lowest BCUT2D eigenvalue weighted by Crippen LogP contribution is -2.73. The summed E-state index contributed by atoms with van der Waals surface area (Å²) in [6.45, 7) is 1.38. The molecule has 1 aromatic heterocycles. The van der Waals surface area contributed by atoms with Crippen LogP contribution in [0.2, 0.25) is 0 Å². The monoisotopic (exact) mass is 596 g/mol. The second kappa shape index (κ2) is 9.73. The number of amides is 1. The van der Waals surface area contributed by atoms with Gasteiger partial charge in [-0.2, -0.15) is 52.7 Å². The molecule has 2 aromatic rings. The highest BCUT2D eigenvalue weighted by atomic mass is 32.2. The number of rotatable bonds is 7. The lowest BCUT2D eigenvalue weighted by Gasteiger charge is -2.40. The molecule has 0 spiro atoms. The lowest BCUT2D eigenvalue weighted by molar-refractivity contribution is -0.304.